The van der Waals surface area contributed by atoms with Crippen molar-refractivity contribution in [3.05, 3.63) is 70.1 Å². The van der Waals surface area contributed by atoms with E-state index in [4.69, 9.17) is 28.1 Å². The topological polar surface area (TPSA) is 109 Å². The average Bonchev–Trinajstić information content (AvgIpc) is 3.72. The molecule has 212 valence electrons. The number of aromatic nitrogens is 1. The number of aromatic hydroxyl groups is 1. The zero-order chi connectivity index (χ0) is 28.7. The number of fused-ring (bicyclic) bond motifs is 4. The Morgan fingerprint density at radius 3 is 2.10 bits per heavy atom. The zero-order valence-electron chi connectivity index (χ0n) is 21.3. The molecule has 1 N–H and O–H groups in total. The number of benzene rings is 3. The third kappa shape index (κ3) is 3.47. The summed E-state index contributed by atoms with van der Waals surface area (Å²) in [5.41, 5.74) is -0.151. The van der Waals surface area contributed by atoms with E-state index in [1.165, 1.54) is 14.2 Å². The van der Waals surface area contributed by atoms with Gasteiger partial charge in [0.1, 0.15) is 0 Å². The fraction of sp³-hybridized carbons (Fsp3) is 0.286. The number of ether oxygens (including phenoxy) is 5. The molecular formula is C28H19F4NO8. The molecule has 0 saturated carbocycles. The second-order valence-electron chi connectivity index (χ2n) is 9.87. The van der Waals surface area contributed by atoms with Gasteiger partial charge in [0, 0.05) is 11.8 Å². The second-order valence-corrected chi connectivity index (χ2v) is 9.87. The average molecular weight is 573 g/mol. The largest absolute Gasteiger partial charge is 0.502 e. The molecule has 4 aromatic rings. The molecule has 1 aromatic heterocycles. The van der Waals surface area contributed by atoms with Crippen molar-refractivity contribution in [1.29, 1.82) is 0 Å². The molecule has 0 bridgehead atoms. The molecule has 3 aromatic carbocycles. The van der Waals surface area contributed by atoms with Crippen molar-refractivity contribution in [3.8, 4) is 28.7 Å². The molecule has 1 saturated heterocycles. The van der Waals surface area contributed by atoms with E-state index in [2.05, 4.69) is 4.98 Å². The normalized spacial score (nSPS) is 22.4. The smallest absolute Gasteiger partial charge is 0.310 e. The molecule has 1 fully saturated rings. The summed E-state index contributed by atoms with van der Waals surface area (Å²) in [5.74, 6) is -10.8. The first-order valence-electron chi connectivity index (χ1n) is 12.4. The highest BCUT2D eigenvalue weighted by Gasteiger charge is 2.54. The molecule has 0 amide bonds. The zero-order valence-corrected chi connectivity index (χ0v) is 21.3. The predicted molar refractivity (Wildman–Crippen MR) is 129 cm³/mol. The van der Waals surface area contributed by atoms with Gasteiger partial charge in [0.2, 0.25) is 30.1 Å². The first kappa shape index (κ1) is 25.3. The Morgan fingerprint density at radius 1 is 0.854 bits per heavy atom. The first-order valence-corrected chi connectivity index (χ1v) is 12.4. The quantitative estimate of drug-likeness (QED) is 0.158. The lowest BCUT2D eigenvalue weighted by Crippen LogP contribution is -2.35. The SMILES string of the molecule is COc1cc([C@@H]2c3cc4c(cc3[C@@H](c3nc5c(F)c(F)c(F)c(F)c5o3)[C@H]3COC(=O)[C@H]23)OCO4)cc(OC)c1O. The van der Waals surface area contributed by atoms with Crippen LogP contribution in [0.1, 0.15) is 34.4 Å². The Hall–Kier alpha value is -4.68. The maximum absolute atomic E-state index is 14.6. The van der Waals surface area contributed by atoms with Crippen LogP contribution in [0.5, 0.6) is 28.7 Å². The number of phenols is 1. The Labute approximate surface area is 228 Å². The van der Waals surface area contributed by atoms with Crippen LogP contribution in [-0.4, -0.2) is 43.7 Å². The number of halogens is 4. The van der Waals surface area contributed by atoms with Crippen LogP contribution in [0.3, 0.4) is 0 Å². The van der Waals surface area contributed by atoms with E-state index in [1.807, 2.05) is 0 Å². The van der Waals surface area contributed by atoms with Gasteiger partial charge in [-0.15, -0.1) is 0 Å². The van der Waals surface area contributed by atoms with Crippen LogP contribution >= 0.6 is 0 Å². The van der Waals surface area contributed by atoms with Gasteiger partial charge in [0.15, 0.2) is 45.7 Å². The van der Waals surface area contributed by atoms with Gasteiger partial charge in [-0.3, -0.25) is 4.79 Å². The van der Waals surface area contributed by atoms with E-state index in [1.54, 1.807) is 24.3 Å². The van der Waals surface area contributed by atoms with E-state index in [9.17, 15) is 27.5 Å². The van der Waals surface area contributed by atoms with Gasteiger partial charge in [-0.2, -0.15) is 4.39 Å². The molecule has 3 aliphatic rings. The van der Waals surface area contributed by atoms with Crippen LogP contribution in [0.4, 0.5) is 17.6 Å². The van der Waals surface area contributed by atoms with E-state index in [0.29, 0.717) is 28.2 Å². The summed E-state index contributed by atoms with van der Waals surface area (Å²) >= 11 is 0. The number of oxazole rings is 1. The number of cyclic esters (lactones) is 1. The maximum Gasteiger partial charge on any atom is 0.310 e. The summed E-state index contributed by atoms with van der Waals surface area (Å²) in [7, 11) is 2.73. The predicted octanol–water partition coefficient (Wildman–Crippen LogP) is 4.90. The molecule has 9 nitrogen and oxygen atoms in total. The Morgan fingerprint density at radius 2 is 1.46 bits per heavy atom. The third-order valence-corrected chi connectivity index (χ3v) is 7.94. The monoisotopic (exact) mass is 573 g/mol. The maximum atomic E-state index is 14.6. The summed E-state index contributed by atoms with van der Waals surface area (Å²) in [6.07, 6.45) is 0. The van der Waals surface area contributed by atoms with Crippen LogP contribution in [-0.2, 0) is 9.53 Å². The highest BCUT2D eigenvalue weighted by atomic mass is 19.2. The summed E-state index contributed by atoms with van der Waals surface area (Å²) in [4.78, 5) is 17.3. The van der Waals surface area contributed by atoms with E-state index in [0.717, 1.165) is 0 Å². The van der Waals surface area contributed by atoms with Crippen molar-refractivity contribution in [2.24, 2.45) is 11.8 Å². The standard InChI is InChI=1S/C28H19F4NO8/c1-36-15-3-9(4-16(37-2)25(15)34)17-10-5-13-14(40-8-39-13)6-11(10)18(12-7-38-28(35)19(12)17)27-33-24-22(31)20(29)21(30)23(32)26(24)41-27/h3-6,12,17-19,34H,7-8H2,1-2H3/t12-,17-,18-,19+/m1/s1. The Bertz CT molecular complexity index is 1700. The summed E-state index contributed by atoms with van der Waals surface area (Å²) in [6.45, 7) is -0.182. The highest BCUT2D eigenvalue weighted by molar-refractivity contribution is 5.80. The number of hydrogen-bond acceptors (Lipinski definition) is 9. The molecule has 0 unspecified atom stereocenters. The summed E-state index contributed by atoms with van der Waals surface area (Å²) in [6, 6.07) is 6.45. The molecule has 4 atom stereocenters. The van der Waals surface area contributed by atoms with Crippen molar-refractivity contribution in [2.45, 2.75) is 11.8 Å². The van der Waals surface area contributed by atoms with E-state index < -0.39 is 64.0 Å². The Kier molecular flexibility index (Phi) is 5.50. The second kappa shape index (κ2) is 8.91. The van der Waals surface area contributed by atoms with Crippen molar-refractivity contribution in [1.82, 2.24) is 4.98 Å². The molecule has 1 aliphatic carbocycles. The van der Waals surface area contributed by atoms with Gasteiger partial charge >= 0.3 is 5.97 Å². The van der Waals surface area contributed by atoms with Crippen molar-refractivity contribution in [3.63, 3.8) is 0 Å². The van der Waals surface area contributed by atoms with Crippen molar-refractivity contribution >= 4 is 17.1 Å². The van der Waals surface area contributed by atoms with Crippen LogP contribution in [0.25, 0.3) is 11.1 Å². The van der Waals surface area contributed by atoms with Crippen LogP contribution in [0, 0.1) is 35.1 Å². The van der Waals surface area contributed by atoms with Gasteiger partial charge in [0.25, 0.3) is 0 Å². The molecule has 41 heavy (non-hydrogen) atoms. The number of phenolic OH excluding ortho intramolecular Hbond substituents is 1. The lowest BCUT2D eigenvalue weighted by Gasteiger charge is -2.38. The highest BCUT2D eigenvalue weighted by Crippen LogP contribution is 2.57. The fourth-order valence-corrected chi connectivity index (χ4v) is 6.14. The van der Waals surface area contributed by atoms with Gasteiger partial charge < -0.3 is 33.2 Å². The molecule has 7 rings (SSSR count). The van der Waals surface area contributed by atoms with E-state index >= 15 is 0 Å². The molecule has 2 aliphatic heterocycles. The van der Waals surface area contributed by atoms with Crippen LogP contribution in [0.15, 0.2) is 28.7 Å². The lowest BCUT2D eigenvalue weighted by molar-refractivity contribution is -0.141. The molecular weight excluding hydrogens is 554 g/mol. The number of methoxy groups -OCH3 is 2. The number of hydrogen-bond donors (Lipinski definition) is 1. The summed E-state index contributed by atoms with van der Waals surface area (Å²) < 4.78 is 90.1. The molecule has 13 heteroatoms. The van der Waals surface area contributed by atoms with Crippen molar-refractivity contribution in [2.75, 3.05) is 27.6 Å². The van der Waals surface area contributed by atoms with Gasteiger partial charge in [-0.1, -0.05) is 0 Å². The fourth-order valence-electron chi connectivity index (χ4n) is 6.14. The minimum Gasteiger partial charge on any atom is -0.502 e. The van der Waals surface area contributed by atoms with E-state index in [-0.39, 0.29) is 36.5 Å². The van der Waals surface area contributed by atoms with Gasteiger partial charge in [-0.05, 0) is 41.0 Å². The molecule has 3 heterocycles. The minimum absolute atomic E-state index is 0.0683. The van der Waals surface area contributed by atoms with Crippen LogP contribution in [0.2, 0.25) is 0 Å². The number of carbonyl (C=O) groups excluding carboxylic acids is 1. The van der Waals surface area contributed by atoms with Crippen molar-refractivity contribution < 1.29 is 55.6 Å². The number of nitrogens with zero attached hydrogens (tertiary/aromatic N) is 1. The minimum atomic E-state index is -2.03. The molecule has 0 radical (unpaired) electrons. The summed E-state index contributed by atoms with van der Waals surface area (Å²) in [5, 5.41) is 10.5. The lowest BCUT2D eigenvalue weighted by atomic mass is 9.62. The number of carbonyl (C=O) groups is 1. The van der Waals surface area contributed by atoms with Gasteiger partial charge in [0.05, 0.1) is 32.7 Å². The third-order valence-electron chi connectivity index (χ3n) is 7.94. The van der Waals surface area contributed by atoms with Gasteiger partial charge in [-0.25, -0.2) is 18.2 Å². The first-order chi connectivity index (χ1) is 19.7. The number of esters is 1. The number of rotatable bonds is 4. The Balaban J connectivity index is 1.50. The van der Waals surface area contributed by atoms with Crippen LogP contribution < -0.4 is 18.9 Å². The molecule has 0 spiro atoms.